The average molecular weight is 516 g/mol. The minimum absolute atomic E-state index is 0.0528. The van der Waals surface area contributed by atoms with Crippen LogP contribution in [0.3, 0.4) is 0 Å². The van der Waals surface area contributed by atoms with Gasteiger partial charge in [0.15, 0.2) is 0 Å². The Bertz CT molecular complexity index is 1360. The molecule has 3 rings (SSSR count). The number of aromatic nitrogens is 1. The number of nitrogens with zero attached hydrogens (tertiary/aromatic N) is 1. The van der Waals surface area contributed by atoms with E-state index in [0.29, 0.717) is 23.1 Å². The first-order chi connectivity index (χ1) is 17.4. The number of carbonyl (C=O) groups is 2. The van der Waals surface area contributed by atoms with Crippen molar-refractivity contribution in [3.8, 4) is 11.1 Å². The van der Waals surface area contributed by atoms with Gasteiger partial charge < -0.3 is 20.7 Å². The molecule has 37 heavy (non-hydrogen) atoms. The Balaban J connectivity index is 1.91. The highest BCUT2D eigenvalue weighted by Crippen LogP contribution is 2.35. The third-order valence-electron chi connectivity index (χ3n) is 6.33. The van der Waals surface area contributed by atoms with Crippen LogP contribution in [0.4, 0.5) is 13.2 Å². The summed E-state index contributed by atoms with van der Waals surface area (Å²) in [6.45, 7) is 3.39. The molecule has 4 N–H and O–H groups in total. The molecular formula is C27H28F3N3O4. The largest absolute Gasteiger partial charge is 0.480 e. The molecule has 3 aromatic rings. The molecule has 0 spiro atoms. The predicted molar refractivity (Wildman–Crippen MR) is 133 cm³/mol. The maximum absolute atomic E-state index is 13.7. The van der Waals surface area contributed by atoms with Gasteiger partial charge in [-0.3, -0.25) is 9.59 Å². The van der Waals surface area contributed by atoms with Gasteiger partial charge in [0.05, 0.1) is 11.1 Å². The lowest BCUT2D eigenvalue weighted by atomic mass is 9.96. The van der Waals surface area contributed by atoms with E-state index in [1.807, 2.05) is 6.92 Å². The molecule has 0 saturated carbocycles. The van der Waals surface area contributed by atoms with Crippen LogP contribution >= 0.6 is 0 Å². The molecule has 0 aliphatic heterocycles. The zero-order chi connectivity index (χ0) is 27.5. The number of aliphatic carboxylic acids is 1. The molecule has 2 aromatic carbocycles. The molecule has 1 atom stereocenters. The van der Waals surface area contributed by atoms with Crippen LogP contribution in [0.15, 0.2) is 53.3 Å². The monoisotopic (exact) mass is 515 g/mol. The van der Waals surface area contributed by atoms with Crippen molar-refractivity contribution in [1.82, 2.24) is 9.88 Å². The van der Waals surface area contributed by atoms with E-state index in [0.717, 1.165) is 16.2 Å². The molecule has 0 bridgehead atoms. The Morgan fingerprint density at radius 3 is 2.27 bits per heavy atom. The zero-order valence-corrected chi connectivity index (χ0v) is 20.6. The Labute approximate surface area is 211 Å². The van der Waals surface area contributed by atoms with Crippen molar-refractivity contribution in [2.45, 2.75) is 45.5 Å². The number of hydrogen-bond donors (Lipinski definition) is 3. The van der Waals surface area contributed by atoms with Gasteiger partial charge >= 0.3 is 12.1 Å². The van der Waals surface area contributed by atoms with Gasteiger partial charge in [-0.2, -0.15) is 13.2 Å². The van der Waals surface area contributed by atoms with Crippen molar-refractivity contribution in [1.29, 1.82) is 0 Å². The molecule has 0 fully saturated rings. The summed E-state index contributed by atoms with van der Waals surface area (Å²) < 4.78 is 42.2. The van der Waals surface area contributed by atoms with E-state index in [1.54, 1.807) is 18.2 Å². The van der Waals surface area contributed by atoms with Crippen molar-refractivity contribution >= 4 is 11.9 Å². The van der Waals surface area contributed by atoms with Crippen molar-refractivity contribution in [2.75, 3.05) is 0 Å². The van der Waals surface area contributed by atoms with Gasteiger partial charge in [0.25, 0.3) is 11.5 Å². The van der Waals surface area contributed by atoms with Crippen LogP contribution in [0.5, 0.6) is 0 Å². The fraction of sp³-hybridized carbons (Fsp3) is 0.296. The third-order valence-corrected chi connectivity index (χ3v) is 6.33. The van der Waals surface area contributed by atoms with E-state index in [2.05, 4.69) is 5.32 Å². The number of benzene rings is 2. The molecule has 0 aliphatic carbocycles. The van der Waals surface area contributed by atoms with Gasteiger partial charge in [-0.15, -0.1) is 0 Å². The summed E-state index contributed by atoms with van der Waals surface area (Å²) in [5.41, 5.74) is 5.78. The number of carbonyl (C=O) groups excluding carboxylic acids is 1. The maximum Gasteiger partial charge on any atom is 0.417 e. The third kappa shape index (κ3) is 5.91. The lowest BCUT2D eigenvalue weighted by Gasteiger charge is -2.18. The van der Waals surface area contributed by atoms with Crippen molar-refractivity contribution in [2.24, 2.45) is 12.8 Å². The molecule has 0 aliphatic rings. The normalized spacial score (nSPS) is 12.3. The number of carboxylic acids is 1. The summed E-state index contributed by atoms with van der Waals surface area (Å²) in [5.74, 6) is -1.84. The van der Waals surface area contributed by atoms with Crippen LogP contribution in [-0.4, -0.2) is 27.6 Å². The standard InChI is InChI=1S/C27H28F3N3O4/c1-4-17-6-5-7-19(14-31)22(17)24(34)32-21(26(36)37)13-16-8-10-18(11-9-16)23-20(27(28,29)30)12-15(2)33(3)25(23)35/h5-12,21H,4,13-14,31H2,1-3H3,(H,32,34)(H,36,37)/t21-/m0/s1. The van der Waals surface area contributed by atoms with Gasteiger partial charge in [-0.05, 0) is 41.7 Å². The van der Waals surface area contributed by atoms with E-state index < -0.39 is 40.8 Å². The van der Waals surface area contributed by atoms with E-state index in [1.165, 1.54) is 38.2 Å². The van der Waals surface area contributed by atoms with E-state index >= 15 is 0 Å². The summed E-state index contributed by atoms with van der Waals surface area (Å²) in [7, 11) is 1.39. The summed E-state index contributed by atoms with van der Waals surface area (Å²) in [6, 6.07) is 10.5. The second-order valence-corrected chi connectivity index (χ2v) is 8.71. The number of rotatable bonds is 8. The Morgan fingerprint density at radius 1 is 1.11 bits per heavy atom. The average Bonchev–Trinajstić information content (AvgIpc) is 2.85. The molecule has 1 heterocycles. The van der Waals surface area contributed by atoms with E-state index in [4.69, 9.17) is 5.73 Å². The van der Waals surface area contributed by atoms with Crippen molar-refractivity contribution < 1.29 is 27.9 Å². The van der Waals surface area contributed by atoms with Crippen molar-refractivity contribution in [3.05, 3.63) is 92.4 Å². The summed E-state index contributed by atoms with van der Waals surface area (Å²) in [6.07, 6.45) is -4.30. The molecule has 7 nitrogen and oxygen atoms in total. The number of carboxylic acid groups (broad SMARTS) is 1. The van der Waals surface area contributed by atoms with E-state index in [-0.39, 0.29) is 24.2 Å². The van der Waals surface area contributed by atoms with Crippen LogP contribution in [0.1, 0.15) is 45.2 Å². The maximum atomic E-state index is 13.7. The van der Waals surface area contributed by atoms with Crippen LogP contribution < -0.4 is 16.6 Å². The number of hydrogen-bond acceptors (Lipinski definition) is 4. The quantitative estimate of drug-likeness (QED) is 0.422. The van der Waals surface area contributed by atoms with Gasteiger partial charge in [-0.25, -0.2) is 4.79 Å². The number of nitrogens with two attached hydrogens (primary N) is 1. The Kier molecular flexibility index (Phi) is 8.22. The first-order valence-electron chi connectivity index (χ1n) is 11.6. The molecular weight excluding hydrogens is 487 g/mol. The minimum atomic E-state index is -4.73. The molecule has 196 valence electrons. The summed E-state index contributed by atoms with van der Waals surface area (Å²) >= 11 is 0. The summed E-state index contributed by atoms with van der Waals surface area (Å²) in [5, 5.41) is 12.3. The number of pyridine rings is 1. The topological polar surface area (TPSA) is 114 Å². The number of halogens is 3. The van der Waals surface area contributed by atoms with E-state index in [9.17, 15) is 32.7 Å². The summed E-state index contributed by atoms with van der Waals surface area (Å²) in [4.78, 5) is 37.6. The molecule has 10 heteroatoms. The lowest BCUT2D eigenvalue weighted by Crippen LogP contribution is -2.43. The molecule has 0 radical (unpaired) electrons. The van der Waals surface area contributed by atoms with Crippen LogP contribution in [-0.2, 0) is 37.4 Å². The molecule has 0 saturated heterocycles. The van der Waals surface area contributed by atoms with Crippen LogP contribution in [0.25, 0.3) is 11.1 Å². The number of nitrogens with one attached hydrogen (secondary N) is 1. The SMILES string of the molecule is CCc1cccc(CN)c1C(=O)N[C@@H](Cc1ccc(-c2c(C(F)(F)F)cc(C)n(C)c2=O)cc1)C(=O)O. The highest BCUT2D eigenvalue weighted by molar-refractivity contribution is 5.99. The van der Waals surface area contributed by atoms with Gasteiger partial charge in [-0.1, -0.05) is 49.4 Å². The lowest BCUT2D eigenvalue weighted by molar-refractivity contribution is -0.139. The van der Waals surface area contributed by atoms with Crippen LogP contribution in [0, 0.1) is 6.92 Å². The first kappa shape index (κ1) is 27.7. The van der Waals surface area contributed by atoms with Crippen molar-refractivity contribution in [3.63, 3.8) is 0 Å². The number of alkyl halides is 3. The fourth-order valence-electron chi connectivity index (χ4n) is 4.21. The second kappa shape index (κ2) is 11.0. The fourth-order valence-corrected chi connectivity index (χ4v) is 4.21. The highest BCUT2D eigenvalue weighted by atomic mass is 19.4. The second-order valence-electron chi connectivity index (χ2n) is 8.71. The molecule has 1 aromatic heterocycles. The molecule has 0 unspecified atom stereocenters. The van der Waals surface area contributed by atoms with Gasteiger partial charge in [0.1, 0.15) is 6.04 Å². The zero-order valence-electron chi connectivity index (χ0n) is 20.6. The Hall–Kier alpha value is -3.92. The molecule has 1 amide bonds. The smallest absolute Gasteiger partial charge is 0.417 e. The Morgan fingerprint density at radius 2 is 1.73 bits per heavy atom. The highest BCUT2D eigenvalue weighted by Gasteiger charge is 2.36. The first-order valence-corrected chi connectivity index (χ1v) is 11.6. The van der Waals surface area contributed by atoms with Gasteiger partial charge in [0.2, 0.25) is 0 Å². The minimum Gasteiger partial charge on any atom is -0.480 e. The van der Waals surface area contributed by atoms with Gasteiger partial charge in [0, 0.05) is 31.3 Å². The predicted octanol–water partition coefficient (Wildman–Crippen LogP) is 3.83. The number of aryl methyl sites for hydroxylation is 2. The number of amides is 1. The van der Waals surface area contributed by atoms with Crippen LogP contribution in [0.2, 0.25) is 0 Å².